The van der Waals surface area contributed by atoms with Crippen LogP contribution in [0.4, 0.5) is 5.13 Å². The fourth-order valence-corrected chi connectivity index (χ4v) is 3.23. The SMILES string of the molecule is CCc1nnc(NC(=O)CNCCc2c[nH]c3ccc(C)cc23)s1. The summed E-state index contributed by atoms with van der Waals surface area (Å²) in [6.45, 7) is 5.11. The number of nitrogens with one attached hydrogen (secondary N) is 3. The third-order valence-corrected chi connectivity index (χ3v) is 4.78. The second-order valence-electron chi connectivity index (χ2n) is 5.69. The van der Waals surface area contributed by atoms with Gasteiger partial charge in [0.25, 0.3) is 0 Å². The number of nitrogens with zero attached hydrogens (tertiary/aromatic N) is 2. The van der Waals surface area contributed by atoms with Gasteiger partial charge >= 0.3 is 0 Å². The van der Waals surface area contributed by atoms with Gasteiger partial charge in [-0.3, -0.25) is 10.1 Å². The van der Waals surface area contributed by atoms with Crippen molar-refractivity contribution in [2.45, 2.75) is 26.7 Å². The number of hydrogen-bond acceptors (Lipinski definition) is 5. The summed E-state index contributed by atoms with van der Waals surface area (Å²) in [4.78, 5) is 15.2. The molecule has 0 spiro atoms. The lowest BCUT2D eigenvalue weighted by molar-refractivity contribution is -0.115. The molecule has 0 atom stereocenters. The van der Waals surface area contributed by atoms with Crippen LogP contribution in [0.25, 0.3) is 10.9 Å². The third kappa shape index (κ3) is 3.98. The van der Waals surface area contributed by atoms with Crippen molar-refractivity contribution < 1.29 is 4.79 Å². The summed E-state index contributed by atoms with van der Waals surface area (Å²) < 4.78 is 0. The lowest BCUT2D eigenvalue weighted by Crippen LogP contribution is -2.29. The number of rotatable bonds is 7. The molecule has 0 aliphatic carbocycles. The van der Waals surface area contributed by atoms with Crippen LogP contribution in [0, 0.1) is 6.92 Å². The Bertz CT molecular complexity index is 838. The van der Waals surface area contributed by atoms with E-state index in [1.165, 1.54) is 27.8 Å². The van der Waals surface area contributed by atoms with Gasteiger partial charge in [0.15, 0.2) is 0 Å². The lowest BCUT2D eigenvalue weighted by atomic mass is 10.1. The predicted octanol–water partition coefficient (Wildman–Crippen LogP) is 2.66. The van der Waals surface area contributed by atoms with Gasteiger partial charge in [-0.25, -0.2) is 0 Å². The first-order chi connectivity index (χ1) is 11.7. The van der Waals surface area contributed by atoms with Crippen LogP contribution in [0.15, 0.2) is 24.4 Å². The molecule has 3 N–H and O–H groups in total. The minimum absolute atomic E-state index is 0.0939. The minimum atomic E-state index is -0.0939. The van der Waals surface area contributed by atoms with Crippen LogP contribution in [-0.4, -0.2) is 34.2 Å². The van der Waals surface area contributed by atoms with Gasteiger partial charge < -0.3 is 10.3 Å². The van der Waals surface area contributed by atoms with Crippen molar-refractivity contribution in [3.05, 3.63) is 40.5 Å². The number of H-pyrrole nitrogens is 1. The summed E-state index contributed by atoms with van der Waals surface area (Å²) in [6, 6.07) is 6.39. The van der Waals surface area contributed by atoms with Crippen molar-refractivity contribution in [2.75, 3.05) is 18.4 Å². The summed E-state index contributed by atoms with van der Waals surface area (Å²) in [7, 11) is 0. The van der Waals surface area contributed by atoms with E-state index in [0.717, 1.165) is 29.9 Å². The Morgan fingerprint density at radius 3 is 3.00 bits per heavy atom. The second-order valence-corrected chi connectivity index (χ2v) is 6.75. The second kappa shape index (κ2) is 7.55. The Labute approximate surface area is 144 Å². The fraction of sp³-hybridized carbons (Fsp3) is 0.353. The highest BCUT2D eigenvalue weighted by Crippen LogP contribution is 2.19. The highest BCUT2D eigenvalue weighted by atomic mass is 32.1. The Morgan fingerprint density at radius 1 is 1.33 bits per heavy atom. The molecule has 0 unspecified atom stereocenters. The van der Waals surface area contributed by atoms with Crippen LogP contribution in [0.5, 0.6) is 0 Å². The van der Waals surface area contributed by atoms with Gasteiger partial charge in [-0.05, 0) is 44.0 Å². The molecule has 24 heavy (non-hydrogen) atoms. The molecule has 0 radical (unpaired) electrons. The molecular formula is C17H21N5OS. The van der Waals surface area contributed by atoms with E-state index >= 15 is 0 Å². The van der Waals surface area contributed by atoms with Gasteiger partial charge in [0, 0.05) is 17.1 Å². The molecule has 1 aromatic carbocycles. The first kappa shape index (κ1) is 16.6. The highest BCUT2D eigenvalue weighted by Gasteiger charge is 2.08. The average Bonchev–Trinajstić information content (AvgIpc) is 3.18. The summed E-state index contributed by atoms with van der Waals surface area (Å²) in [5, 5.41) is 16.6. The van der Waals surface area contributed by atoms with Crippen LogP contribution < -0.4 is 10.6 Å². The van der Waals surface area contributed by atoms with E-state index in [9.17, 15) is 4.79 Å². The molecule has 0 fully saturated rings. The molecule has 3 rings (SSSR count). The van der Waals surface area contributed by atoms with Gasteiger partial charge in [0.05, 0.1) is 6.54 Å². The molecule has 6 nitrogen and oxygen atoms in total. The zero-order chi connectivity index (χ0) is 16.9. The first-order valence-corrected chi connectivity index (χ1v) is 8.87. The number of amides is 1. The summed E-state index contributed by atoms with van der Waals surface area (Å²) in [6.07, 6.45) is 3.74. The van der Waals surface area contributed by atoms with Crippen molar-refractivity contribution in [3.63, 3.8) is 0 Å². The largest absolute Gasteiger partial charge is 0.361 e. The van der Waals surface area contributed by atoms with E-state index < -0.39 is 0 Å². The number of benzene rings is 1. The zero-order valence-electron chi connectivity index (χ0n) is 13.8. The van der Waals surface area contributed by atoms with Crippen molar-refractivity contribution in [3.8, 4) is 0 Å². The van der Waals surface area contributed by atoms with Gasteiger partial charge in [0.2, 0.25) is 11.0 Å². The molecule has 0 saturated carbocycles. The van der Waals surface area contributed by atoms with Crippen molar-refractivity contribution >= 4 is 33.3 Å². The van der Waals surface area contributed by atoms with Crippen molar-refractivity contribution in [1.29, 1.82) is 0 Å². The van der Waals surface area contributed by atoms with E-state index in [1.54, 1.807) is 0 Å². The van der Waals surface area contributed by atoms with E-state index in [0.29, 0.717) is 5.13 Å². The number of fused-ring (bicyclic) bond motifs is 1. The molecule has 2 aromatic heterocycles. The number of carbonyl (C=O) groups is 1. The van der Waals surface area contributed by atoms with Crippen molar-refractivity contribution in [1.82, 2.24) is 20.5 Å². The van der Waals surface area contributed by atoms with E-state index in [2.05, 4.69) is 50.9 Å². The average molecular weight is 343 g/mol. The third-order valence-electron chi connectivity index (χ3n) is 3.80. The van der Waals surface area contributed by atoms with Crippen LogP contribution in [0.3, 0.4) is 0 Å². The molecule has 126 valence electrons. The fourth-order valence-electron chi connectivity index (χ4n) is 2.53. The lowest BCUT2D eigenvalue weighted by Gasteiger charge is -2.04. The highest BCUT2D eigenvalue weighted by molar-refractivity contribution is 7.15. The molecule has 0 aliphatic heterocycles. The Morgan fingerprint density at radius 2 is 2.21 bits per heavy atom. The Balaban J connectivity index is 1.46. The van der Waals surface area contributed by atoms with Gasteiger partial charge in [-0.15, -0.1) is 10.2 Å². The van der Waals surface area contributed by atoms with E-state index in [1.807, 2.05) is 13.1 Å². The molecule has 0 aliphatic rings. The number of aromatic amines is 1. The summed E-state index contributed by atoms with van der Waals surface area (Å²) in [5.74, 6) is -0.0939. The number of carbonyl (C=O) groups excluding carboxylic acids is 1. The van der Waals surface area contributed by atoms with Crippen molar-refractivity contribution in [2.24, 2.45) is 0 Å². The molecule has 7 heteroatoms. The maximum Gasteiger partial charge on any atom is 0.240 e. The van der Waals surface area contributed by atoms with Crippen LogP contribution in [0.1, 0.15) is 23.1 Å². The molecule has 2 heterocycles. The smallest absolute Gasteiger partial charge is 0.240 e. The maximum atomic E-state index is 11.9. The minimum Gasteiger partial charge on any atom is -0.361 e. The maximum absolute atomic E-state index is 11.9. The standard InChI is InChI=1S/C17H21N5OS/c1-3-16-21-22-17(24-16)20-15(23)10-18-7-6-12-9-19-14-5-4-11(2)8-13(12)14/h4-5,8-9,18-19H,3,6-7,10H2,1-2H3,(H,20,22,23). The van der Waals surface area contributed by atoms with Gasteiger partial charge in [-0.2, -0.15) is 0 Å². The Kier molecular flexibility index (Phi) is 5.22. The monoisotopic (exact) mass is 343 g/mol. The molecule has 3 aromatic rings. The summed E-state index contributed by atoms with van der Waals surface area (Å²) in [5.41, 5.74) is 3.66. The normalized spacial score (nSPS) is 11.1. The number of anilines is 1. The topological polar surface area (TPSA) is 82.7 Å². The Hall–Kier alpha value is -2.25. The van der Waals surface area contributed by atoms with E-state index in [-0.39, 0.29) is 12.5 Å². The van der Waals surface area contributed by atoms with E-state index in [4.69, 9.17) is 0 Å². The quantitative estimate of drug-likeness (QED) is 0.576. The molecule has 0 bridgehead atoms. The molecular weight excluding hydrogens is 322 g/mol. The first-order valence-electron chi connectivity index (χ1n) is 8.05. The van der Waals surface area contributed by atoms with Gasteiger partial charge in [-0.1, -0.05) is 29.9 Å². The zero-order valence-corrected chi connectivity index (χ0v) is 14.7. The summed E-state index contributed by atoms with van der Waals surface area (Å²) >= 11 is 1.42. The van der Waals surface area contributed by atoms with Gasteiger partial charge in [0.1, 0.15) is 5.01 Å². The number of aromatic nitrogens is 3. The number of hydrogen-bond donors (Lipinski definition) is 3. The molecule has 0 saturated heterocycles. The number of aryl methyl sites for hydroxylation is 2. The molecule has 1 amide bonds. The van der Waals surface area contributed by atoms with Crippen LogP contribution in [0.2, 0.25) is 0 Å². The van der Waals surface area contributed by atoms with Crippen LogP contribution >= 0.6 is 11.3 Å². The predicted molar refractivity (Wildman–Crippen MR) is 97.5 cm³/mol. The van der Waals surface area contributed by atoms with Crippen LogP contribution in [-0.2, 0) is 17.6 Å².